The minimum atomic E-state index is -0.868. The molecule has 3 heterocycles. The van der Waals surface area contributed by atoms with Crippen molar-refractivity contribution in [3.05, 3.63) is 46.6 Å². The van der Waals surface area contributed by atoms with Gasteiger partial charge in [0.15, 0.2) is 0 Å². The largest absolute Gasteiger partial charge is 0.481 e. The number of ether oxygens (including phenoxy) is 1. The number of carbonyl (C=O) groups is 1. The molecule has 1 aromatic carbocycles. The molecule has 4 rings (SSSR count). The second-order valence-corrected chi connectivity index (χ2v) is 8.25. The molecule has 0 aliphatic carbocycles. The topological polar surface area (TPSA) is 102 Å². The van der Waals surface area contributed by atoms with Gasteiger partial charge in [0, 0.05) is 23.7 Å². The highest BCUT2D eigenvalue weighted by Gasteiger charge is 2.27. The number of anilines is 2. The molecule has 1 atom stereocenters. The zero-order chi connectivity index (χ0) is 22.0. The molecule has 1 aliphatic rings. The molecular weight excluding hydrogens is 439 g/mol. The van der Waals surface area contributed by atoms with E-state index in [9.17, 15) is 4.79 Å². The van der Waals surface area contributed by atoms with Crippen LogP contribution in [0.1, 0.15) is 19.3 Å². The summed E-state index contributed by atoms with van der Waals surface area (Å²) in [5, 5.41) is 10.5. The van der Waals surface area contributed by atoms with Gasteiger partial charge in [0.2, 0.25) is 0 Å². The van der Waals surface area contributed by atoms with Gasteiger partial charge in [-0.05, 0) is 42.7 Å². The summed E-state index contributed by atoms with van der Waals surface area (Å²) in [6.45, 7) is 1.45. The van der Waals surface area contributed by atoms with Gasteiger partial charge < -0.3 is 20.5 Å². The normalized spacial score (nSPS) is 16.2. The molecule has 0 bridgehead atoms. The first kappa shape index (κ1) is 21.6. The average Bonchev–Trinajstić information content (AvgIpc) is 3.22. The number of hydrogen-bond donors (Lipinski definition) is 2. The Kier molecular flexibility index (Phi) is 6.46. The first-order chi connectivity index (χ1) is 14.9. The lowest BCUT2D eigenvalue weighted by Gasteiger charge is -2.27. The zero-order valence-corrected chi connectivity index (χ0v) is 18.2. The smallest absolute Gasteiger partial charge is 0.305 e. The molecule has 3 aromatic rings. The van der Waals surface area contributed by atoms with Gasteiger partial charge in [0.05, 0.1) is 41.2 Å². The van der Waals surface area contributed by atoms with Gasteiger partial charge in [-0.2, -0.15) is 0 Å². The summed E-state index contributed by atoms with van der Waals surface area (Å²) >= 11 is 12.8. The molecule has 0 spiro atoms. The number of hydrogen-bond acceptors (Lipinski definition) is 6. The van der Waals surface area contributed by atoms with Crippen molar-refractivity contribution in [1.82, 2.24) is 9.97 Å². The molecule has 9 heteroatoms. The van der Waals surface area contributed by atoms with Gasteiger partial charge in [-0.25, -0.2) is 9.97 Å². The number of aromatic nitrogens is 2. The van der Waals surface area contributed by atoms with E-state index in [0.717, 1.165) is 41.7 Å². The maximum absolute atomic E-state index is 10.7. The molecule has 1 aliphatic heterocycles. The summed E-state index contributed by atoms with van der Waals surface area (Å²) in [6.07, 6.45) is 3.65. The van der Waals surface area contributed by atoms with Crippen LogP contribution in [-0.2, 0) is 9.53 Å². The van der Waals surface area contributed by atoms with Crippen molar-refractivity contribution in [2.45, 2.75) is 25.3 Å². The van der Waals surface area contributed by atoms with E-state index in [-0.39, 0.29) is 19.1 Å². The highest BCUT2D eigenvalue weighted by molar-refractivity contribution is 6.45. The van der Waals surface area contributed by atoms with Crippen LogP contribution in [0.5, 0.6) is 0 Å². The SMILES string of the molecule is Nc1ccc(-c2cc(N3CCCC3COCCC(=O)O)nc3c(Cl)c(Cl)ccc23)cn1. The summed E-state index contributed by atoms with van der Waals surface area (Å²) in [6, 6.07) is 9.47. The Morgan fingerprint density at radius 1 is 1.29 bits per heavy atom. The van der Waals surface area contributed by atoms with Crippen molar-refractivity contribution in [2.24, 2.45) is 0 Å². The standard InChI is InChI=1S/C22H22Cl2N4O3/c23-17-5-4-15-16(13-3-6-18(25)26-11-13)10-19(27-22(15)21(17)24)28-8-1-2-14(28)12-31-9-7-20(29)30/h3-6,10-11,14H,1-2,7-9,12H2,(H2,25,26)(H,29,30). The minimum Gasteiger partial charge on any atom is -0.481 e. The Labute approximate surface area is 189 Å². The molecule has 1 saturated heterocycles. The maximum atomic E-state index is 10.7. The number of nitrogens with zero attached hydrogens (tertiary/aromatic N) is 3. The fraction of sp³-hybridized carbons (Fsp3) is 0.318. The first-order valence-electron chi connectivity index (χ1n) is 10.0. The fourth-order valence-electron chi connectivity index (χ4n) is 3.86. The van der Waals surface area contributed by atoms with E-state index < -0.39 is 5.97 Å². The highest BCUT2D eigenvalue weighted by Crippen LogP contribution is 2.38. The molecule has 0 radical (unpaired) electrons. The predicted octanol–water partition coefficient (Wildman–Crippen LogP) is 4.65. The van der Waals surface area contributed by atoms with E-state index in [1.165, 1.54) is 0 Å². The molecule has 0 saturated carbocycles. The third-order valence-corrected chi connectivity index (χ3v) is 6.19. The molecule has 1 fully saturated rings. The van der Waals surface area contributed by atoms with Crippen molar-refractivity contribution in [1.29, 1.82) is 0 Å². The molecule has 162 valence electrons. The Morgan fingerprint density at radius 2 is 2.13 bits per heavy atom. The molecule has 3 N–H and O–H groups in total. The molecule has 0 amide bonds. The Balaban J connectivity index is 1.72. The summed E-state index contributed by atoms with van der Waals surface area (Å²) in [5.74, 6) is 0.349. The summed E-state index contributed by atoms with van der Waals surface area (Å²) < 4.78 is 5.62. The van der Waals surface area contributed by atoms with Crippen LogP contribution < -0.4 is 10.6 Å². The number of nitrogen functional groups attached to an aromatic ring is 1. The summed E-state index contributed by atoms with van der Waals surface area (Å²) in [7, 11) is 0. The van der Waals surface area contributed by atoms with E-state index in [2.05, 4.69) is 9.88 Å². The lowest BCUT2D eigenvalue weighted by molar-refractivity contribution is -0.138. The van der Waals surface area contributed by atoms with Crippen LogP contribution in [0, 0.1) is 0 Å². The van der Waals surface area contributed by atoms with Crippen LogP contribution in [0.4, 0.5) is 11.6 Å². The lowest BCUT2D eigenvalue weighted by atomic mass is 10.0. The van der Waals surface area contributed by atoms with Crippen LogP contribution in [0.2, 0.25) is 10.0 Å². The quantitative estimate of drug-likeness (QED) is 0.494. The lowest BCUT2D eigenvalue weighted by Crippen LogP contribution is -2.34. The van der Waals surface area contributed by atoms with Crippen LogP contribution >= 0.6 is 23.2 Å². The minimum absolute atomic E-state index is 0.0106. The number of rotatable bonds is 7. The van der Waals surface area contributed by atoms with Gasteiger partial charge in [-0.1, -0.05) is 29.3 Å². The molecule has 31 heavy (non-hydrogen) atoms. The molecular formula is C22H22Cl2N4O3. The van der Waals surface area contributed by atoms with E-state index in [1.807, 2.05) is 18.2 Å². The first-order valence-corrected chi connectivity index (χ1v) is 10.8. The molecule has 7 nitrogen and oxygen atoms in total. The number of halogens is 2. The predicted molar refractivity (Wildman–Crippen MR) is 123 cm³/mol. The van der Waals surface area contributed by atoms with Gasteiger partial charge in [0.1, 0.15) is 11.6 Å². The van der Waals surface area contributed by atoms with Crippen molar-refractivity contribution in [2.75, 3.05) is 30.4 Å². The number of carboxylic acid groups (broad SMARTS) is 1. The number of pyridine rings is 2. The molecule has 2 aromatic heterocycles. The zero-order valence-electron chi connectivity index (χ0n) is 16.7. The monoisotopic (exact) mass is 460 g/mol. The number of nitrogens with two attached hydrogens (primary N) is 1. The van der Waals surface area contributed by atoms with Crippen LogP contribution in [0.25, 0.3) is 22.0 Å². The van der Waals surface area contributed by atoms with Crippen molar-refractivity contribution < 1.29 is 14.6 Å². The van der Waals surface area contributed by atoms with E-state index in [4.69, 9.17) is 43.8 Å². The van der Waals surface area contributed by atoms with Crippen molar-refractivity contribution >= 4 is 51.7 Å². The number of aliphatic carboxylic acids is 1. The third-order valence-electron chi connectivity index (χ3n) is 5.40. The van der Waals surface area contributed by atoms with Crippen LogP contribution in [-0.4, -0.2) is 46.8 Å². The van der Waals surface area contributed by atoms with E-state index in [0.29, 0.717) is 28.0 Å². The van der Waals surface area contributed by atoms with E-state index in [1.54, 1.807) is 18.3 Å². The fourth-order valence-corrected chi connectivity index (χ4v) is 4.22. The van der Waals surface area contributed by atoms with E-state index >= 15 is 0 Å². The number of carboxylic acids is 1. The van der Waals surface area contributed by atoms with Crippen molar-refractivity contribution in [3.63, 3.8) is 0 Å². The molecule has 1 unspecified atom stereocenters. The summed E-state index contributed by atoms with van der Waals surface area (Å²) in [5.41, 5.74) is 8.22. The van der Waals surface area contributed by atoms with Gasteiger partial charge >= 0.3 is 5.97 Å². The van der Waals surface area contributed by atoms with Gasteiger partial charge in [-0.15, -0.1) is 0 Å². The number of benzene rings is 1. The van der Waals surface area contributed by atoms with Gasteiger partial charge in [-0.3, -0.25) is 4.79 Å². The average molecular weight is 461 g/mol. The second-order valence-electron chi connectivity index (χ2n) is 7.47. The Bertz CT molecular complexity index is 1110. The number of fused-ring (bicyclic) bond motifs is 1. The van der Waals surface area contributed by atoms with Crippen LogP contribution in [0.15, 0.2) is 36.5 Å². The Hall–Kier alpha value is -2.61. The maximum Gasteiger partial charge on any atom is 0.305 e. The third kappa shape index (κ3) is 4.69. The van der Waals surface area contributed by atoms with Crippen LogP contribution in [0.3, 0.4) is 0 Å². The second kappa shape index (κ2) is 9.26. The van der Waals surface area contributed by atoms with Gasteiger partial charge in [0.25, 0.3) is 0 Å². The summed E-state index contributed by atoms with van der Waals surface area (Å²) in [4.78, 5) is 22.0. The van der Waals surface area contributed by atoms with Crippen molar-refractivity contribution in [3.8, 4) is 11.1 Å². The highest BCUT2D eigenvalue weighted by atomic mass is 35.5. The Morgan fingerprint density at radius 3 is 2.87 bits per heavy atom.